The molecule has 1 amide bonds. The minimum Gasteiger partial charge on any atom is -0.497 e. The number of rotatable bonds is 5. The van der Waals surface area contributed by atoms with Crippen LogP contribution in [0.15, 0.2) is 36.7 Å². The van der Waals surface area contributed by atoms with E-state index in [1.165, 1.54) is 10.6 Å². The summed E-state index contributed by atoms with van der Waals surface area (Å²) in [5.41, 5.74) is 1.18. The van der Waals surface area contributed by atoms with E-state index in [4.69, 9.17) is 4.74 Å². The maximum absolute atomic E-state index is 13.4. The topological polar surface area (TPSA) is 61.8 Å². The molecule has 5 rings (SSSR count). The Morgan fingerprint density at radius 2 is 1.88 bits per heavy atom. The van der Waals surface area contributed by atoms with E-state index >= 15 is 0 Å². The Balaban J connectivity index is 1.23. The van der Waals surface area contributed by atoms with Crippen LogP contribution in [0.2, 0.25) is 0 Å². The van der Waals surface area contributed by atoms with Gasteiger partial charge in [0.2, 0.25) is 5.91 Å². The largest absolute Gasteiger partial charge is 0.497 e. The van der Waals surface area contributed by atoms with Crippen LogP contribution in [-0.4, -0.2) is 67.2 Å². The lowest BCUT2D eigenvalue weighted by Gasteiger charge is -2.40. The fourth-order valence-corrected chi connectivity index (χ4v) is 5.86. The Kier molecular flexibility index (Phi) is 6.35. The van der Waals surface area contributed by atoms with Crippen molar-refractivity contribution in [1.29, 1.82) is 0 Å². The van der Waals surface area contributed by atoms with Crippen LogP contribution in [0, 0.1) is 5.92 Å². The van der Waals surface area contributed by atoms with Crippen LogP contribution in [-0.2, 0) is 11.2 Å². The first-order valence-corrected chi connectivity index (χ1v) is 12.6. The number of benzene rings is 1. The molecule has 2 aromatic heterocycles. The van der Waals surface area contributed by atoms with E-state index in [0.717, 1.165) is 80.3 Å². The molecule has 0 unspecified atom stereocenters. The second-order valence-corrected chi connectivity index (χ2v) is 9.89. The van der Waals surface area contributed by atoms with E-state index in [1.54, 1.807) is 24.8 Å². The summed E-state index contributed by atoms with van der Waals surface area (Å²) in [4.78, 5) is 31.6. The molecule has 0 N–H and O–H groups in total. The summed E-state index contributed by atoms with van der Waals surface area (Å²) in [7, 11) is 1.68. The number of hydrogen-bond acceptors (Lipinski definition) is 7. The Morgan fingerprint density at radius 3 is 2.61 bits per heavy atom. The van der Waals surface area contributed by atoms with Gasteiger partial charge in [0, 0.05) is 49.8 Å². The number of aryl methyl sites for hydroxylation is 1. The summed E-state index contributed by atoms with van der Waals surface area (Å²) in [5, 5.41) is 1.13. The van der Waals surface area contributed by atoms with E-state index in [-0.39, 0.29) is 5.92 Å². The Labute approximate surface area is 199 Å². The molecule has 1 aromatic carbocycles. The number of piperazine rings is 1. The third-order valence-corrected chi connectivity index (χ3v) is 7.99. The molecule has 174 valence electrons. The number of fused-ring (bicyclic) bond motifs is 1. The van der Waals surface area contributed by atoms with Crippen molar-refractivity contribution in [2.75, 3.05) is 56.2 Å². The first-order valence-electron chi connectivity index (χ1n) is 11.8. The lowest BCUT2D eigenvalue weighted by Crippen LogP contribution is -2.52. The second kappa shape index (κ2) is 9.55. The smallest absolute Gasteiger partial charge is 0.227 e. The molecule has 8 heteroatoms. The van der Waals surface area contributed by atoms with Gasteiger partial charge in [-0.15, -0.1) is 11.3 Å². The van der Waals surface area contributed by atoms with E-state index in [0.29, 0.717) is 5.91 Å². The molecule has 1 atom stereocenters. The van der Waals surface area contributed by atoms with Gasteiger partial charge in [0.05, 0.1) is 18.4 Å². The number of thiophene rings is 1. The molecule has 2 aliphatic heterocycles. The average molecular weight is 466 g/mol. The van der Waals surface area contributed by atoms with E-state index in [1.807, 2.05) is 12.1 Å². The number of carbonyl (C=O) groups excluding carboxylic acids is 1. The van der Waals surface area contributed by atoms with E-state index in [9.17, 15) is 4.79 Å². The first-order chi connectivity index (χ1) is 16.2. The van der Waals surface area contributed by atoms with Gasteiger partial charge in [-0.05, 0) is 49.6 Å². The predicted octanol–water partition coefficient (Wildman–Crippen LogP) is 3.83. The minimum absolute atomic E-state index is 0.0283. The zero-order valence-electron chi connectivity index (χ0n) is 19.4. The van der Waals surface area contributed by atoms with Crippen molar-refractivity contribution in [3.8, 4) is 5.75 Å². The number of piperidine rings is 1. The Morgan fingerprint density at radius 1 is 1.09 bits per heavy atom. The summed E-state index contributed by atoms with van der Waals surface area (Å²) >= 11 is 1.74. The molecular formula is C25H31N5O2S. The number of aromatic nitrogens is 2. The van der Waals surface area contributed by atoms with Crippen molar-refractivity contribution in [2.24, 2.45) is 5.92 Å². The van der Waals surface area contributed by atoms with Gasteiger partial charge in [-0.2, -0.15) is 0 Å². The molecule has 33 heavy (non-hydrogen) atoms. The van der Waals surface area contributed by atoms with Crippen LogP contribution in [0.3, 0.4) is 0 Å². The second-order valence-electron chi connectivity index (χ2n) is 8.78. The molecule has 0 aliphatic carbocycles. The maximum atomic E-state index is 13.4. The van der Waals surface area contributed by atoms with Gasteiger partial charge in [0.25, 0.3) is 0 Å². The number of hydrogen-bond donors (Lipinski definition) is 0. The standard InChI is InChI=1S/C25H31N5O2S/c1-3-21-15-22-23(26-17-27-24(22)33-21)30-10-4-5-18(16-30)25(31)29-13-11-28(12-14-29)19-6-8-20(32-2)9-7-19/h6-9,15,17-18H,3-5,10-14,16H2,1-2H3/t18-/m0/s1. The van der Waals surface area contributed by atoms with Gasteiger partial charge in [0.1, 0.15) is 22.7 Å². The van der Waals surface area contributed by atoms with Gasteiger partial charge in [-0.1, -0.05) is 6.92 Å². The van der Waals surface area contributed by atoms with Crippen molar-refractivity contribution in [1.82, 2.24) is 14.9 Å². The van der Waals surface area contributed by atoms with E-state index in [2.05, 4.69) is 49.8 Å². The lowest BCUT2D eigenvalue weighted by molar-refractivity contribution is -0.136. The highest BCUT2D eigenvalue weighted by Gasteiger charge is 2.32. The molecule has 0 saturated carbocycles. The number of ether oxygens (including phenoxy) is 1. The molecule has 0 spiro atoms. The fourth-order valence-electron chi connectivity index (χ4n) is 4.93. The first kappa shape index (κ1) is 21.9. The Bertz CT molecular complexity index is 1110. The minimum atomic E-state index is 0.0283. The predicted molar refractivity (Wildman–Crippen MR) is 134 cm³/mol. The van der Waals surface area contributed by atoms with Crippen molar-refractivity contribution in [3.63, 3.8) is 0 Å². The van der Waals surface area contributed by atoms with Gasteiger partial charge in [-0.25, -0.2) is 9.97 Å². The normalized spacial score (nSPS) is 19.2. The third kappa shape index (κ3) is 4.49. The summed E-state index contributed by atoms with van der Waals surface area (Å²) in [6.45, 7) is 7.10. The SMILES string of the molecule is CCc1cc2c(N3CCC[C@H](C(=O)N4CCN(c5ccc(OC)cc5)CC4)C3)ncnc2s1. The number of nitrogens with zero attached hydrogens (tertiary/aromatic N) is 5. The average Bonchev–Trinajstić information content (AvgIpc) is 3.32. The highest BCUT2D eigenvalue weighted by molar-refractivity contribution is 7.18. The number of amides is 1. The highest BCUT2D eigenvalue weighted by Crippen LogP contribution is 2.33. The van der Waals surface area contributed by atoms with Crippen molar-refractivity contribution >= 4 is 39.0 Å². The molecule has 0 radical (unpaired) electrons. The van der Waals surface area contributed by atoms with Crippen LogP contribution < -0.4 is 14.5 Å². The quantitative estimate of drug-likeness (QED) is 0.571. The number of carbonyl (C=O) groups is 1. The molecule has 2 fully saturated rings. The lowest BCUT2D eigenvalue weighted by atomic mass is 9.96. The van der Waals surface area contributed by atoms with Gasteiger partial charge >= 0.3 is 0 Å². The van der Waals surface area contributed by atoms with Crippen LogP contribution in [0.4, 0.5) is 11.5 Å². The Hall–Kier alpha value is -2.87. The van der Waals surface area contributed by atoms with Crippen molar-refractivity contribution < 1.29 is 9.53 Å². The number of methoxy groups -OCH3 is 1. The van der Waals surface area contributed by atoms with Crippen LogP contribution in [0.1, 0.15) is 24.6 Å². The highest BCUT2D eigenvalue weighted by atomic mass is 32.1. The molecule has 2 saturated heterocycles. The van der Waals surface area contributed by atoms with E-state index < -0.39 is 0 Å². The van der Waals surface area contributed by atoms with Gasteiger partial charge < -0.3 is 19.4 Å². The monoisotopic (exact) mass is 465 g/mol. The zero-order chi connectivity index (χ0) is 22.8. The summed E-state index contributed by atoms with van der Waals surface area (Å²) in [6.07, 6.45) is 4.63. The molecular weight excluding hydrogens is 434 g/mol. The number of anilines is 2. The van der Waals surface area contributed by atoms with Crippen LogP contribution in [0.25, 0.3) is 10.2 Å². The summed E-state index contributed by atoms with van der Waals surface area (Å²) in [5.74, 6) is 2.17. The summed E-state index contributed by atoms with van der Waals surface area (Å²) < 4.78 is 5.26. The molecule has 3 aromatic rings. The molecule has 4 heterocycles. The van der Waals surface area contributed by atoms with Gasteiger partial charge in [-0.3, -0.25) is 4.79 Å². The third-order valence-electron chi connectivity index (χ3n) is 6.81. The molecule has 0 bridgehead atoms. The summed E-state index contributed by atoms with van der Waals surface area (Å²) in [6, 6.07) is 10.4. The van der Waals surface area contributed by atoms with Crippen LogP contribution >= 0.6 is 11.3 Å². The molecule has 2 aliphatic rings. The maximum Gasteiger partial charge on any atom is 0.227 e. The zero-order valence-corrected chi connectivity index (χ0v) is 20.2. The van der Waals surface area contributed by atoms with Crippen LogP contribution in [0.5, 0.6) is 5.75 Å². The van der Waals surface area contributed by atoms with Crippen molar-refractivity contribution in [2.45, 2.75) is 26.2 Å². The fraction of sp³-hybridized carbons (Fsp3) is 0.480. The van der Waals surface area contributed by atoms with Crippen molar-refractivity contribution in [3.05, 3.63) is 41.5 Å². The molecule has 7 nitrogen and oxygen atoms in total. The van der Waals surface area contributed by atoms with Gasteiger partial charge in [0.15, 0.2) is 0 Å².